The molecule has 0 aliphatic carbocycles. The molecule has 3 aromatic rings. The van der Waals surface area contributed by atoms with Crippen LogP contribution in [0.2, 0.25) is 5.02 Å². The van der Waals surface area contributed by atoms with Gasteiger partial charge in [0, 0.05) is 34.9 Å². The molecule has 198 valence electrons. The first-order chi connectivity index (χ1) is 18.8. The molecule has 0 radical (unpaired) electrons. The van der Waals surface area contributed by atoms with Gasteiger partial charge in [0.15, 0.2) is 0 Å². The number of nitrogens with one attached hydrogen (secondary N) is 2. The largest absolute Gasteiger partial charge is 0.326 e. The standard InChI is InChI=1S/C30H27ClN4O4/c1-3-23-25-26(28(38)35(27(25)37)20-14-12-19(13-15-20)32-17(2)36)30(33-23)21-9-5-7-11-24(21)34(29(30)39)16-18-8-4-6-10-22(18)31/h4-15,23,25-26,33H,3,16H2,1-2H3,(H,32,36)/t23-,25+,26-,30-/m0/s1. The minimum absolute atomic E-state index is 0.218. The van der Waals surface area contributed by atoms with Gasteiger partial charge in [-0.05, 0) is 48.4 Å². The fourth-order valence-corrected chi connectivity index (χ4v) is 6.60. The van der Waals surface area contributed by atoms with E-state index in [1.807, 2.05) is 49.4 Å². The zero-order valence-corrected chi connectivity index (χ0v) is 22.2. The number of rotatable bonds is 5. The normalized spacial score (nSPS) is 25.4. The number of hydrogen-bond acceptors (Lipinski definition) is 5. The number of carbonyl (C=O) groups excluding carboxylic acids is 4. The van der Waals surface area contributed by atoms with Gasteiger partial charge in [-0.3, -0.25) is 24.5 Å². The van der Waals surface area contributed by atoms with Crippen LogP contribution in [0.15, 0.2) is 72.8 Å². The van der Waals surface area contributed by atoms with Crippen LogP contribution in [-0.4, -0.2) is 29.7 Å². The third kappa shape index (κ3) is 3.70. The molecule has 6 rings (SSSR count). The highest BCUT2D eigenvalue weighted by molar-refractivity contribution is 6.31. The van der Waals surface area contributed by atoms with Crippen LogP contribution in [0.3, 0.4) is 0 Å². The maximum Gasteiger partial charge on any atom is 0.253 e. The summed E-state index contributed by atoms with van der Waals surface area (Å²) in [7, 11) is 0. The van der Waals surface area contributed by atoms with Gasteiger partial charge in [0.05, 0.1) is 24.1 Å². The number of hydrogen-bond donors (Lipinski definition) is 2. The summed E-state index contributed by atoms with van der Waals surface area (Å²) in [5.41, 5.74) is 1.77. The summed E-state index contributed by atoms with van der Waals surface area (Å²) in [5.74, 6) is -2.83. The summed E-state index contributed by atoms with van der Waals surface area (Å²) in [6, 6.07) is 21.0. The molecule has 1 spiro atoms. The van der Waals surface area contributed by atoms with Crippen LogP contribution in [-0.2, 0) is 31.3 Å². The summed E-state index contributed by atoms with van der Waals surface area (Å²) in [5, 5.41) is 6.72. The molecule has 2 fully saturated rings. The molecular formula is C30H27ClN4O4. The quantitative estimate of drug-likeness (QED) is 0.470. The molecule has 4 atom stereocenters. The number of fused-ring (bicyclic) bond motifs is 4. The zero-order valence-electron chi connectivity index (χ0n) is 21.5. The van der Waals surface area contributed by atoms with E-state index in [9.17, 15) is 19.2 Å². The van der Waals surface area contributed by atoms with Gasteiger partial charge < -0.3 is 10.2 Å². The second-order valence-electron chi connectivity index (χ2n) is 10.2. The maximum absolute atomic E-state index is 14.4. The van der Waals surface area contributed by atoms with Crippen LogP contribution in [0, 0.1) is 11.8 Å². The SMILES string of the molecule is CC[C@@H]1N[C@]2(C(=O)N(Cc3ccccc3Cl)c3ccccc32)[C@@H]2C(=O)N(c3ccc(NC(C)=O)cc3)C(=O)[C@H]12. The molecular weight excluding hydrogens is 516 g/mol. The van der Waals surface area contributed by atoms with Crippen molar-refractivity contribution in [1.29, 1.82) is 0 Å². The van der Waals surface area contributed by atoms with Crippen LogP contribution in [0.4, 0.5) is 17.1 Å². The Morgan fingerprint density at radius 3 is 2.36 bits per heavy atom. The van der Waals surface area contributed by atoms with E-state index in [4.69, 9.17) is 11.6 Å². The Bertz CT molecular complexity index is 1520. The molecule has 3 heterocycles. The van der Waals surface area contributed by atoms with Crippen LogP contribution in [0.25, 0.3) is 0 Å². The van der Waals surface area contributed by atoms with Gasteiger partial charge in [0.2, 0.25) is 17.7 Å². The van der Waals surface area contributed by atoms with E-state index in [1.165, 1.54) is 11.8 Å². The predicted molar refractivity (Wildman–Crippen MR) is 148 cm³/mol. The molecule has 3 aliphatic rings. The number of carbonyl (C=O) groups is 4. The van der Waals surface area contributed by atoms with E-state index < -0.39 is 23.3 Å². The van der Waals surface area contributed by atoms with Gasteiger partial charge in [-0.25, -0.2) is 4.90 Å². The maximum atomic E-state index is 14.4. The zero-order chi connectivity index (χ0) is 27.5. The molecule has 0 bridgehead atoms. The summed E-state index contributed by atoms with van der Waals surface area (Å²) in [6.07, 6.45) is 0.567. The highest BCUT2D eigenvalue weighted by atomic mass is 35.5. The smallest absolute Gasteiger partial charge is 0.253 e. The fourth-order valence-electron chi connectivity index (χ4n) is 6.41. The number of nitrogens with zero attached hydrogens (tertiary/aromatic N) is 2. The van der Waals surface area contributed by atoms with E-state index in [0.717, 1.165) is 5.56 Å². The van der Waals surface area contributed by atoms with Gasteiger partial charge in [0.25, 0.3) is 5.91 Å². The molecule has 3 aromatic carbocycles. The Morgan fingerprint density at radius 1 is 0.974 bits per heavy atom. The summed E-state index contributed by atoms with van der Waals surface area (Å²) >= 11 is 6.45. The average molecular weight is 543 g/mol. The molecule has 3 aliphatic heterocycles. The van der Waals surface area contributed by atoms with Crippen molar-refractivity contribution >= 4 is 52.3 Å². The number of para-hydroxylation sites is 1. The van der Waals surface area contributed by atoms with Crippen molar-refractivity contribution < 1.29 is 19.2 Å². The number of benzene rings is 3. The monoisotopic (exact) mass is 542 g/mol. The van der Waals surface area contributed by atoms with Gasteiger partial charge in [-0.1, -0.05) is 54.9 Å². The van der Waals surface area contributed by atoms with Gasteiger partial charge in [-0.2, -0.15) is 0 Å². The first-order valence-electron chi connectivity index (χ1n) is 13.0. The molecule has 39 heavy (non-hydrogen) atoms. The number of halogens is 1. The fraction of sp³-hybridized carbons (Fsp3) is 0.267. The average Bonchev–Trinajstić information content (AvgIpc) is 3.49. The lowest BCUT2D eigenvalue weighted by Crippen LogP contribution is -2.55. The molecule has 0 aromatic heterocycles. The highest BCUT2D eigenvalue weighted by Gasteiger charge is 2.71. The Kier molecular flexibility index (Phi) is 6.04. The van der Waals surface area contributed by atoms with Crippen molar-refractivity contribution in [2.75, 3.05) is 15.1 Å². The summed E-state index contributed by atoms with van der Waals surface area (Å²) < 4.78 is 0. The molecule has 0 saturated carbocycles. The van der Waals surface area contributed by atoms with E-state index in [1.54, 1.807) is 35.2 Å². The molecule has 2 N–H and O–H groups in total. The van der Waals surface area contributed by atoms with Crippen molar-refractivity contribution in [1.82, 2.24) is 5.32 Å². The van der Waals surface area contributed by atoms with Crippen molar-refractivity contribution in [3.63, 3.8) is 0 Å². The van der Waals surface area contributed by atoms with E-state index in [0.29, 0.717) is 34.1 Å². The van der Waals surface area contributed by atoms with E-state index in [2.05, 4.69) is 10.6 Å². The minimum atomic E-state index is -1.37. The minimum Gasteiger partial charge on any atom is -0.326 e. The summed E-state index contributed by atoms with van der Waals surface area (Å²) in [6.45, 7) is 3.60. The van der Waals surface area contributed by atoms with Crippen molar-refractivity contribution in [3.05, 3.63) is 88.9 Å². The Hall–Kier alpha value is -4.01. The second-order valence-corrected chi connectivity index (χ2v) is 10.6. The van der Waals surface area contributed by atoms with Gasteiger partial charge >= 0.3 is 0 Å². The molecule has 8 nitrogen and oxygen atoms in total. The lowest BCUT2D eigenvalue weighted by Gasteiger charge is -2.30. The van der Waals surface area contributed by atoms with E-state index >= 15 is 0 Å². The third-order valence-electron chi connectivity index (χ3n) is 8.04. The van der Waals surface area contributed by atoms with Gasteiger partial charge in [0.1, 0.15) is 5.54 Å². The van der Waals surface area contributed by atoms with Crippen LogP contribution < -0.4 is 20.4 Å². The topological polar surface area (TPSA) is 98.8 Å². The van der Waals surface area contributed by atoms with Crippen LogP contribution in [0.5, 0.6) is 0 Å². The lowest BCUT2D eigenvalue weighted by atomic mass is 9.76. The first-order valence-corrected chi connectivity index (χ1v) is 13.3. The highest BCUT2D eigenvalue weighted by Crippen LogP contribution is 2.55. The number of anilines is 3. The number of imide groups is 1. The second kappa shape index (κ2) is 9.32. The third-order valence-corrected chi connectivity index (χ3v) is 8.41. The Balaban J connectivity index is 1.43. The van der Waals surface area contributed by atoms with E-state index in [-0.39, 0.29) is 30.3 Å². The lowest BCUT2D eigenvalue weighted by molar-refractivity contribution is -0.132. The Morgan fingerprint density at radius 2 is 1.67 bits per heavy atom. The Labute approximate surface area is 230 Å². The molecule has 9 heteroatoms. The van der Waals surface area contributed by atoms with Gasteiger partial charge in [-0.15, -0.1) is 0 Å². The van der Waals surface area contributed by atoms with Crippen molar-refractivity contribution in [2.24, 2.45) is 11.8 Å². The molecule has 0 unspecified atom stereocenters. The molecule has 4 amide bonds. The van der Waals surface area contributed by atoms with Crippen molar-refractivity contribution in [2.45, 2.75) is 38.4 Å². The molecule has 2 saturated heterocycles. The van der Waals surface area contributed by atoms with Crippen molar-refractivity contribution in [3.8, 4) is 0 Å². The van der Waals surface area contributed by atoms with Crippen LogP contribution >= 0.6 is 11.6 Å². The summed E-state index contributed by atoms with van der Waals surface area (Å²) in [4.78, 5) is 56.7. The van der Waals surface area contributed by atoms with Crippen LogP contribution in [0.1, 0.15) is 31.4 Å². The number of amides is 4. The first kappa shape index (κ1) is 25.3. The predicted octanol–water partition coefficient (Wildman–Crippen LogP) is 4.23.